The topological polar surface area (TPSA) is 213 Å². The van der Waals surface area contributed by atoms with Gasteiger partial charge in [-0.2, -0.15) is 13.8 Å². The Morgan fingerprint density at radius 2 is 0.616 bits per heavy atom. The summed E-state index contributed by atoms with van der Waals surface area (Å²) in [7, 11) is 9.99. The zero-order chi connectivity index (χ0) is 88.2. The van der Waals surface area contributed by atoms with Crippen molar-refractivity contribution in [3.63, 3.8) is 0 Å². The molecule has 14 heterocycles. The number of benzene rings is 7. The lowest BCUT2D eigenvalue weighted by Crippen LogP contribution is -2.36. The van der Waals surface area contributed by atoms with Crippen molar-refractivity contribution < 1.29 is 31.6 Å². The molecule has 0 N–H and O–H groups in total. The first-order valence-corrected chi connectivity index (χ1v) is 44.4. The first kappa shape index (κ1) is 84.1. The quantitative estimate of drug-likeness (QED) is 0.116. The molecule has 21 aromatic rings. The molecule has 622 valence electrons. The van der Waals surface area contributed by atoms with Crippen molar-refractivity contribution in [2.24, 2.45) is 35.2 Å². The molecule has 20 nitrogen and oxygen atoms in total. The molecule has 26 heteroatoms. The van der Waals surface area contributed by atoms with Crippen molar-refractivity contribution in [3.8, 4) is 53.5 Å². The van der Waals surface area contributed by atoms with Crippen LogP contribution in [-0.4, -0.2) is 74.8 Å². The van der Waals surface area contributed by atoms with E-state index in [0.29, 0.717) is 28.5 Å². The van der Waals surface area contributed by atoms with E-state index in [2.05, 4.69) is 227 Å². The SMILES string of the molecule is Cc1c(-c2c3nc(F)c(F)nc3nc(C)[n+]2C)sc2ccccc12.Cc1nc2nc(C)[n+](C)c(-c3sc4ccccc4c3C)c2nc1C.Cc1nc2nc3ccccc3nc2[n+](C)c1-c1cc(C(C)(C)C)c2ccccc2c1C.Cc1nc2nc[n+](C)c(-c3sc4ccccc4c3C)c2nc1C.Cc1nc2nc[n+](C)c(-c3sc4ccccc4c3C)c2nc1C. The van der Waals surface area contributed by atoms with Gasteiger partial charge in [0.25, 0.3) is 58.8 Å². The van der Waals surface area contributed by atoms with Crippen LogP contribution >= 0.6 is 45.3 Å². The van der Waals surface area contributed by atoms with E-state index >= 15 is 0 Å². The molecule has 0 aliphatic carbocycles. The van der Waals surface area contributed by atoms with Gasteiger partial charge in [-0.15, -0.1) is 45.3 Å². The maximum Gasteiger partial charge on any atom is 0.369 e. The molecule has 7 aromatic carbocycles. The summed E-state index contributed by atoms with van der Waals surface area (Å²) in [5.41, 5.74) is 28.8. The number of halogens is 2. The van der Waals surface area contributed by atoms with E-state index in [1.807, 2.05) is 163 Å². The highest BCUT2D eigenvalue weighted by molar-refractivity contribution is 7.23. The summed E-state index contributed by atoms with van der Waals surface area (Å²) >= 11 is 7.00. The minimum Gasteiger partial charge on any atom is -0.241 e. The Kier molecular flexibility index (Phi) is 22.3. The number of nitrogens with zero attached hydrogens (tertiary/aromatic N) is 20. The molecule has 0 bridgehead atoms. The van der Waals surface area contributed by atoms with E-state index in [1.54, 1.807) is 40.9 Å². The minimum atomic E-state index is -1.23. The second-order valence-corrected chi connectivity index (χ2v) is 37.0. The van der Waals surface area contributed by atoms with Gasteiger partial charge < -0.3 is 0 Å². The van der Waals surface area contributed by atoms with Crippen LogP contribution in [0.15, 0.2) is 164 Å². The van der Waals surface area contributed by atoms with Crippen LogP contribution in [0.5, 0.6) is 0 Å². The summed E-state index contributed by atoms with van der Waals surface area (Å²) in [4.78, 5) is 72.7. The van der Waals surface area contributed by atoms with Gasteiger partial charge in [-0.1, -0.05) is 130 Å². The third-order valence-electron chi connectivity index (χ3n) is 23.6. The van der Waals surface area contributed by atoms with Gasteiger partial charge in [-0.3, -0.25) is 0 Å². The minimum absolute atomic E-state index is 0.0226. The maximum atomic E-state index is 13.7. The number of hydrogen-bond acceptors (Lipinski definition) is 19. The predicted molar refractivity (Wildman–Crippen MR) is 501 cm³/mol. The zero-order valence-corrected chi connectivity index (χ0v) is 77.2. The molecule has 0 atom stereocenters. The van der Waals surface area contributed by atoms with Crippen LogP contribution in [0.25, 0.3) is 172 Å². The van der Waals surface area contributed by atoms with Gasteiger partial charge in [-0.05, 0) is 222 Å². The molecule has 0 aliphatic rings. The molecule has 0 aliphatic heterocycles. The normalized spacial score (nSPS) is 11.7. The van der Waals surface area contributed by atoms with Gasteiger partial charge in [0.2, 0.25) is 11.2 Å². The summed E-state index contributed by atoms with van der Waals surface area (Å²) < 4.78 is 42.4. The van der Waals surface area contributed by atoms with E-state index in [4.69, 9.17) is 29.9 Å². The Morgan fingerprint density at radius 1 is 0.288 bits per heavy atom. The Labute approximate surface area is 737 Å². The van der Waals surface area contributed by atoms with Crippen LogP contribution in [0, 0.1) is 109 Å². The van der Waals surface area contributed by atoms with Crippen molar-refractivity contribution >= 4 is 163 Å². The van der Waals surface area contributed by atoms with Crippen LogP contribution in [0.4, 0.5) is 8.78 Å². The van der Waals surface area contributed by atoms with Gasteiger partial charge in [0.15, 0.2) is 50.5 Å². The highest BCUT2D eigenvalue weighted by Crippen LogP contribution is 2.44. The Hall–Kier alpha value is -13.1. The summed E-state index contributed by atoms with van der Waals surface area (Å²) in [6, 6.07) is 52.6. The second kappa shape index (κ2) is 33.2. The molecule has 0 amide bonds. The molecule has 0 saturated carbocycles. The van der Waals surface area contributed by atoms with E-state index in [-0.39, 0.29) is 16.6 Å². The van der Waals surface area contributed by atoms with Gasteiger partial charge in [0.05, 0.1) is 94.6 Å². The number of thiophene rings is 4. The molecule has 0 spiro atoms. The van der Waals surface area contributed by atoms with Crippen molar-refractivity contribution in [2.75, 3.05) is 0 Å². The standard InChI is InChI=1S/C27H27N4.C19H19N4S.2C18H17N4S.C17H13F2N4S/c1-16-18-11-7-8-12-19(18)21(27(3,4)5)15-20(16)24-17(2)28-25-26(31(24)6)30-23-14-10-9-13-22(23)29-25;1-10-14-8-6-7-9-15(14)24-18(10)17-16-19(22-13(4)23(17)5)21-12(3)11(2)20-16;2*1-10-13-7-5-6-8-14(13)23-17(10)16-15-18(19-9-22(16)4)21-12(3)11(2)20-15;1-8-10-6-4-5-7-11(10)24-14(8)13-12-17(20-9(2)23(13)3)22-16(19)15(18)21-12/h7-15H,1-6H3;6-9H,1-5H3;2*5-9H,1-4H3;4-7H,1-3H3/q5*+1. The highest BCUT2D eigenvalue weighted by Gasteiger charge is 2.32. The van der Waals surface area contributed by atoms with Gasteiger partial charge in [0.1, 0.15) is 5.52 Å². The van der Waals surface area contributed by atoms with Crippen LogP contribution < -0.4 is 22.8 Å². The molecule has 21 rings (SSSR count). The third-order valence-corrected chi connectivity index (χ3v) is 28.7. The highest BCUT2D eigenvalue weighted by atomic mass is 32.1. The lowest BCUT2D eigenvalue weighted by molar-refractivity contribution is -0.668. The van der Waals surface area contributed by atoms with E-state index in [0.717, 1.165) is 128 Å². The average molecular weight is 1730 g/mol. The van der Waals surface area contributed by atoms with Crippen molar-refractivity contribution in [2.45, 2.75) is 123 Å². The predicted octanol–water partition coefficient (Wildman–Crippen LogP) is 20.6. The lowest BCUT2D eigenvalue weighted by Gasteiger charge is -2.24. The molecule has 0 unspecified atom stereocenters. The fraction of sp³-hybridized carbons (Fsp3) is 0.232. The molecule has 0 saturated heterocycles. The monoisotopic (exact) mass is 1730 g/mol. The number of hydrogen-bond donors (Lipinski definition) is 0. The van der Waals surface area contributed by atoms with Gasteiger partial charge in [-0.25, -0.2) is 67.7 Å². The van der Waals surface area contributed by atoms with Crippen molar-refractivity contribution in [3.05, 3.63) is 261 Å². The second-order valence-electron chi connectivity index (χ2n) is 32.8. The van der Waals surface area contributed by atoms with Gasteiger partial charge in [0, 0.05) is 38.2 Å². The largest absolute Gasteiger partial charge is 0.369 e. The molecule has 125 heavy (non-hydrogen) atoms. The number of aromatic nitrogens is 20. The molecular weight excluding hydrogens is 1640 g/mol. The molecular formula is C99H93F2N20S4+5. The Morgan fingerprint density at radius 3 is 1.03 bits per heavy atom. The van der Waals surface area contributed by atoms with E-state index in [9.17, 15) is 8.78 Å². The Balaban J connectivity index is 0.000000111. The van der Waals surface area contributed by atoms with E-state index in [1.165, 1.54) is 89.0 Å². The molecule has 0 radical (unpaired) electrons. The van der Waals surface area contributed by atoms with Gasteiger partial charge >= 0.3 is 5.65 Å². The van der Waals surface area contributed by atoms with Crippen molar-refractivity contribution in [1.29, 1.82) is 0 Å². The number of fused-ring (bicyclic) bond motifs is 11. The fourth-order valence-electron chi connectivity index (χ4n) is 16.2. The first-order valence-electron chi connectivity index (χ1n) is 41.1. The lowest BCUT2D eigenvalue weighted by atomic mass is 9.80. The van der Waals surface area contributed by atoms with Crippen LogP contribution in [-0.2, 0) is 40.7 Å². The summed E-state index contributed by atoms with van der Waals surface area (Å²) in [5, 5.41) is 7.64. The summed E-state index contributed by atoms with van der Waals surface area (Å²) in [5.74, 6) is -0.864. The summed E-state index contributed by atoms with van der Waals surface area (Å²) in [6.07, 6.45) is 3.65. The molecule has 0 fully saturated rings. The summed E-state index contributed by atoms with van der Waals surface area (Å²) in [6.45, 7) is 35.4. The van der Waals surface area contributed by atoms with Crippen LogP contribution in [0.2, 0.25) is 0 Å². The first-order chi connectivity index (χ1) is 59.8. The van der Waals surface area contributed by atoms with Crippen LogP contribution in [0.3, 0.4) is 0 Å². The number of aryl methyl sites for hydroxylation is 17. The zero-order valence-electron chi connectivity index (χ0n) is 73.9. The smallest absolute Gasteiger partial charge is 0.241 e. The maximum absolute atomic E-state index is 13.7. The third kappa shape index (κ3) is 15.3. The Bertz CT molecular complexity index is 7660. The number of para-hydroxylation sites is 2. The number of rotatable bonds is 5. The average Bonchev–Trinajstić information content (AvgIpc) is 1.72. The molecule has 14 aromatic heterocycles. The van der Waals surface area contributed by atoms with Crippen molar-refractivity contribution in [1.82, 2.24) is 74.8 Å². The van der Waals surface area contributed by atoms with E-state index < -0.39 is 11.9 Å². The fourth-order valence-corrected chi connectivity index (χ4v) is 21.4. The van der Waals surface area contributed by atoms with Crippen LogP contribution in [0.1, 0.15) is 106 Å².